The molecule has 0 saturated heterocycles. The number of amides is 1. The fourth-order valence-electron chi connectivity index (χ4n) is 2.80. The highest BCUT2D eigenvalue weighted by molar-refractivity contribution is 7.88. The summed E-state index contributed by atoms with van der Waals surface area (Å²) in [5.41, 5.74) is 1.88. The SMILES string of the molecule is C=CCNS(=O)(=O)Cc1ccc(NC(=O)Cc2cc(Cl)c3c(c2)OCCO3)cc1. The van der Waals surface area contributed by atoms with Crippen molar-refractivity contribution in [1.82, 2.24) is 4.72 Å². The number of anilines is 1. The van der Waals surface area contributed by atoms with Crippen LogP contribution in [0.4, 0.5) is 5.69 Å². The maximum absolute atomic E-state index is 12.4. The third-order valence-corrected chi connectivity index (χ3v) is 5.66. The quantitative estimate of drug-likeness (QED) is 0.620. The molecule has 1 aliphatic rings. The van der Waals surface area contributed by atoms with Crippen LogP contribution < -0.4 is 19.5 Å². The van der Waals surface area contributed by atoms with E-state index >= 15 is 0 Å². The van der Waals surface area contributed by atoms with Crippen LogP contribution in [0.5, 0.6) is 11.5 Å². The second kappa shape index (κ2) is 9.30. The molecule has 1 aliphatic heterocycles. The Balaban J connectivity index is 1.60. The third-order valence-electron chi connectivity index (χ3n) is 4.06. The topological polar surface area (TPSA) is 93.7 Å². The predicted molar refractivity (Wildman–Crippen MR) is 112 cm³/mol. The number of sulfonamides is 1. The van der Waals surface area contributed by atoms with Crippen molar-refractivity contribution >= 4 is 33.2 Å². The minimum absolute atomic E-state index is 0.109. The Morgan fingerprint density at radius 3 is 2.59 bits per heavy atom. The monoisotopic (exact) mass is 436 g/mol. The van der Waals surface area contributed by atoms with E-state index in [0.29, 0.717) is 46.5 Å². The van der Waals surface area contributed by atoms with Gasteiger partial charge in [0.05, 0.1) is 17.2 Å². The molecule has 29 heavy (non-hydrogen) atoms. The van der Waals surface area contributed by atoms with Crippen LogP contribution in [-0.2, 0) is 27.0 Å². The molecule has 3 rings (SSSR count). The summed E-state index contributed by atoms with van der Waals surface area (Å²) >= 11 is 6.20. The number of ether oxygens (including phenoxy) is 2. The van der Waals surface area contributed by atoms with Gasteiger partial charge in [0.2, 0.25) is 15.9 Å². The number of carbonyl (C=O) groups excluding carboxylic acids is 1. The molecule has 2 N–H and O–H groups in total. The van der Waals surface area contributed by atoms with Gasteiger partial charge in [-0.2, -0.15) is 0 Å². The number of benzene rings is 2. The van der Waals surface area contributed by atoms with Crippen LogP contribution in [0.3, 0.4) is 0 Å². The molecule has 0 saturated carbocycles. The first-order chi connectivity index (χ1) is 13.9. The van der Waals surface area contributed by atoms with Gasteiger partial charge in [0.25, 0.3) is 0 Å². The molecule has 0 aliphatic carbocycles. The lowest BCUT2D eigenvalue weighted by molar-refractivity contribution is -0.115. The summed E-state index contributed by atoms with van der Waals surface area (Å²) in [4.78, 5) is 12.4. The lowest BCUT2D eigenvalue weighted by atomic mass is 10.1. The van der Waals surface area contributed by atoms with Gasteiger partial charge in [-0.3, -0.25) is 4.79 Å². The van der Waals surface area contributed by atoms with Crippen LogP contribution in [0.1, 0.15) is 11.1 Å². The molecule has 9 heteroatoms. The van der Waals surface area contributed by atoms with E-state index < -0.39 is 10.0 Å². The average Bonchev–Trinajstić information content (AvgIpc) is 2.68. The summed E-state index contributed by atoms with van der Waals surface area (Å²) in [7, 11) is -3.43. The van der Waals surface area contributed by atoms with Crippen molar-refractivity contribution in [2.24, 2.45) is 0 Å². The third kappa shape index (κ3) is 5.96. The van der Waals surface area contributed by atoms with Gasteiger partial charge in [-0.15, -0.1) is 6.58 Å². The largest absolute Gasteiger partial charge is 0.486 e. The molecule has 0 fully saturated rings. The standard InChI is InChI=1S/C20H21ClN2O5S/c1-2-7-22-29(25,26)13-14-3-5-16(6-4-14)23-19(24)12-15-10-17(21)20-18(11-15)27-8-9-28-20/h2-6,10-11,22H,1,7-9,12-13H2,(H,23,24). The highest BCUT2D eigenvalue weighted by atomic mass is 35.5. The fourth-order valence-corrected chi connectivity index (χ4v) is 4.19. The molecule has 0 aromatic heterocycles. The summed E-state index contributed by atoms with van der Waals surface area (Å²) in [6, 6.07) is 10.1. The number of nitrogens with one attached hydrogen (secondary N) is 2. The van der Waals surface area contributed by atoms with Crippen LogP contribution in [0.25, 0.3) is 0 Å². The molecule has 0 unspecified atom stereocenters. The molecule has 0 radical (unpaired) electrons. The first kappa shape index (κ1) is 21.2. The van der Waals surface area contributed by atoms with Crippen molar-refractivity contribution in [2.45, 2.75) is 12.2 Å². The van der Waals surface area contributed by atoms with E-state index in [1.165, 1.54) is 6.08 Å². The Morgan fingerprint density at radius 2 is 1.86 bits per heavy atom. The van der Waals surface area contributed by atoms with Crippen molar-refractivity contribution in [3.05, 3.63) is 65.2 Å². The summed E-state index contributed by atoms with van der Waals surface area (Å²) in [5.74, 6) is 0.647. The van der Waals surface area contributed by atoms with Crippen molar-refractivity contribution in [1.29, 1.82) is 0 Å². The number of hydrogen-bond donors (Lipinski definition) is 2. The summed E-state index contributed by atoms with van der Waals surface area (Å²) in [6.45, 7) is 4.53. The highest BCUT2D eigenvalue weighted by Gasteiger charge is 2.18. The molecular formula is C20H21ClN2O5S. The number of hydrogen-bond acceptors (Lipinski definition) is 5. The Morgan fingerprint density at radius 1 is 1.14 bits per heavy atom. The number of carbonyl (C=O) groups is 1. The summed E-state index contributed by atoms with van der Waals surface area (Å²) in [6.07, 6.45) is 1.59. The van der Waals surface area contributed by atoms with Crippen LogP contribution in [0.15, 0.2) is 49.1 Å². The molecule has 154 valence electrons. The molecular weight excluding hydrogens is 416 g/mol. The van der Waals surface area contributed by atoms with Gasteiger partial charge in [0.15, 0.2) is 11.5 Å². The second-order valence-electron chi connectivity index (χ2n) is 6.42. The smallest absolute Gasteiger partial charge is 0.228 e. The lowest BCUT2D eigenvalue weighted by Crippen LogP contribution is -2.25. The lowest BCUT2D eigenvalue weighted by Gasteiger charge is -2.20. The maximum Gasteiger partial charge on any atom is 0.228 e. The number of rotatable bonds is 8. The molecule has 7 nitrogen and oxygen atoms in total. The van der Waals surface area contributed by atoms with E-state index in [9.17, 15) is 13.2 Å². The van der Waals surface area contributed by atoms with Gasteiger partial charge in [-0.05, 0) is 35.4 Å². The van der Waals surface area contributed by atoms with E-state index in [-0.39, 0.29) is 24.6 Å². The molecule has 2 aromatic carbocycles. The number of fused-ring (bicyclic) bond motifs is 1. The summed E-state index contributed by atoms with van der Waals surface area (Å²) < 4.78 is 37.2. The van der Waals surface area contributed by atoms with Gasteiger partial charge in [0.1, 0.15) is 13.2 Å². The second-order valence-corrected chi connectivity index (χ2v) is 8.63. The zero-order valence-corrected chi connectivity index (χ0v) is 17.2. The zero-order chi connectivity index (χ0) is 20.9. The van der Waals surface area contributed by atoms with Crippen LogP contribution in [0.2, 0.25) is 5.02 Å². The van der Waals surface area contributed by atoms with E-state index in [0.717, 1.165) is 0 Å². The van der Waals surface area contributed by atoms with E-state index in [2.05, 4.69) is 16.6 Å². The Labute approximate surface area is 174 Å². The van der Waals surface area contributed by atoms with Gasteiger partial charge in [0, 0.05) is 12.2 Å². The van der Waals surface area contributed by atoms with Gasteiger partial charge < -0.3 is 14.8 Å². The molecule has 1 amide bonds. The van der Waals surface area contributed by atoms with Gasteiger partial charge >= 0.3 is 0 Å². The molecule has 0 bridgehead atoms. The van der Waals surface area contributed by atoms with Crippen molar-refractivity contribution in [3.8, 4) is 11.5 Å². The van der Waals surface area contributed by atoms with Gasteiger partial charge in [-0.1, -0.05) is 29.8 Å². The van der Waals surface area contributed by atoms with Crippen LogP contribution in [0, 0.1) is 0 Å². The first-order valence-corrected chi connectivity index (χ1v) is 10.9. The van der Waals surface area contributed by atoms with E-state index in [1.807, 2.05) is 0 Å². The van der Waals surface area contributed by atoms with E-state index in [4.69, 9.17) is 21.1 Å². The predicted octanol–water partition coefficient (Wildman–Crippen LogP) is 2.90. The molecule has 1 heterocycles. The molecule has 2 aromatic rings. The molecule has 0 spiro atoms. The minimum atomic E-state index is -3.43. The van der Waals surface area contributed by atoms with Gasteiger partial charge in [-0.25, -0.2) is 13.1 Å². The van der Waals surface area contributed by atoms with Crippen molar-refractivity contribution in [2.75, 3.05) is 25.1 Å². The summed E-state index contributed by atoms with van der Waals surface area (Å²) in [5, 5.41) is 3.19. The van der Waals surface area contributed by atoms with Crippen molar-refractivity contribution in [3.63, 3.8) is 0 Å². The van der Waals surface area contributed by atoms with Crippen LogP contribution in [-0.4, -0.2) is 34.1 Å². The highest BCUT2D eigenvalue weighted by Crippen LogP contribution is 2.38. The maximum atomic E-state index is 12.4. The zero-order valence-electron chi connectivity index (χ0n) is 15.6. The molecule has 0 atom stereocenters. The first-order valence-electron chi connectivity index (χ1n) is 8.91. The Kier molecular flexibility index (Phi) is 6.79. The Hall–Kier alpha value is -2.55. The normalized spacial score (nSPS) is 13.0. The fraction of sp³-hybridized carbons (Fsp3) is 0.250. The average molecular weight is 437 g/mol. The van der Waals surface area contributed by atoms with E-state index in [1.54, 1.807) is 36.4 Å². The Bertz CT molecular complexity index is 1010. The van der Waals surface area contributed by atoms with Crippen molar-refractivity contribution < 1.29 is 22.7 Å². The minimum Gasteiger partial charge on any atom is -0.486 e. The van der Waals surface area contributed by atoms with Crippen LogP contribution >= 0.6 is 11.6 Å². The number of halogens is 1.